The van der Waals surface area contributed by atoms with E-state index in [0.717, 1.165) is 6.42 Å². The Hall–Kier alpha value is -0.530. The Morgan fingerprint density at radius 2 is 2.36 bits per heavy atom. The smallest absolute Gasteiger partial charge is 0.312 e. The molecule has 11 heavy (non-hydrogen) atoms. The molecular weight excluding hydrogens is 140 g/mol. The fraction of sp³-hybridized carbons (Fsp3) is 0.889. The number of ether oxygens (including phenoxy) is 1. The minimum Gasteiger partial charge on any atom is -0.462 e. The molecule has 0 aromatic carbocycles. The second-order valence-corrected chi connectivity index (χ2v) is 4.34. The van der Waals surface area contributed by atoms with Gasteiger partial charge in [-0.1, -0.05) is 0 Å². The number of carbonyl (C=O) groups excluding carboxylic acids is 1. The van der Waals surface area contributed by atoms with Crippen LogP contribution in [0.1, 0.15) is 26.2 Å². The molecule has 4 bridgehead atoms. The first-order valence-electron chi connectivity index (χ1n) is 4.44. The summed E-state index contributed by atoms with van der Waals surface area (Å²) in [7, 11) is 0. The standard InChI is InChI=1S/C9H12O2/c1-9-5-2-3-7(6(9)4-5)11-8(9)10/h5-7H,2-4H2,1H3/t5-,6+,7+,9-/m1/s1. The van der Waals surface area contributed by atoms with Gasteiger partial charge in [-0.2, -0.15) is 0 Å². The van der Waals surface area contributed by atoms with Gasteiger partial charge in [0.25, 0.3) is 0 Å². The van der Waals surface area contributed by atoms with Crippen LogP contribution in [0, 0.1) is 17.3 Å². The van der Waals surface area contributed by atoms with Crippen molar-refractivity contribution in [3.63, 3.8) is 0 Å². The summed E-state index contributed by atoms with van der Waals surface area (Å²) in [5.74, 6) is 1.31. The first-order chi connectivity index (χ1) is 5.23. The van der Waals surface area contributed by atoms with Gasteiger partial charge in [0.2, 0.25) is 0 Å². The minimum atomic E-state index is -0.0527. The Bertz CT molecular complexity index is 234. The zero-order valence-corrected chi connectivity index (χ0v) is 6.67. The molecule has 4 fully saturated rings. The van der Waals surface area contributed by atoms with Crippen LogP contribution in [-0.4, -0.2) is 12.1 Å². The van der Waals surface area contributed by atoms with E-state index in [-0.39, 0.29) is 17.5 Å². The Kier molecular flexibility index (Phi) is 0.809. The van der Waals surface area contributed by atoms with Crippen LogP contribution in [0.25, 0.3) is 0 Å². The average Bonchev–Trinajstić information content (AvgIpc) is 2.12. The highest BCUT2D eigenvalue weighted by atomic mass is 16.6. The lowest BCUT2D eigenvalue weighted by molar-refractivity contribution is -0.152. The second-order valence-electron chi connectivity index (χ2n) is 4.34. The van der Waals surface area contributed by atoms with E-state index in [1.165, 1.54) is 12.8 Å². The second kappa shape index (κ2) is 1.47. The predicted molar refractivity (Wildman–Crippen MR) is 38.8 cm³/mol. The van der Waals surface area contributed by atoms with E-state index < -0.39 is 0 Å². The van der Waals surface area contributed by atoms with Crippen LogP contribution in [-0.2, 0) is 9.53 Å². The van der Waals surface area contributed by atoms with E-state index in [4.69, 9.17) is 4.74 Å². The first-order valence-corrected chi connectivity index (χ1v) is 4.44. The molecule has 2 nitrogen and oxygen atoms in total. The van der Waals surface area contributed by atoms with Crippen LogP contribution in [0.2, 0.25) is 0 Å². The largest absolute Gasteiger partial charge is 0.462 e. The lowest BCUT2D eigenvalue weighted by atomic mass is 9.48. The minimum absolute atomic E-state index is 0.0527. The maximum Gasteiger partial charge on any atom is 0.312 e. The number of esters is 1. The highest BCUT2D eigenvalue weighted by molar-refractivity contribution is 5.81. The van der Waals surface area contributed by atoms with Crippen molar-refractivity contribution in [1.82, 2.24) is 0 Å². The summed E-state index contributed by atoms with van der Waals surface area (Å²) in [6.45, 7) is 2.09. The molecule has 0 unspecified atom stereocenters. The van der Waals surface area contributed by atoms with Gasteiger partial charge in [0.15, 0.2) is 0 Å². The molecular formula is C9H12O2. The van der Waals surface area contributed by atoms with Crippen LogP contribution >= 0.6 is 0 Å². The molecule has 0 spiro atoms. The van der Waals surface area contributed by atoms with E-state index in [1.54, 1.807) is 0 Å². The molecule has 0 radical (unpaired) electrons. The third-order valence-electron chi connectivity index (χ3n) is 4.10. The van der Waals surface area contributed by atoms with Gasteiger partial charge >= 0.3 is 5.97 Å². The van der Waals surface area contributed by atoms with Gasteiger partial charge < -0.3 is 4.74 Å². The Morgan fingerprint density at radius 3 is 2.91 bits per heavy atom. The molecule has 1 saturated heterocycles. The molecule has 0 aromatic rings. The van der Waals surface area contributed by atoms with Gasteiger partial charge in [0.1, 0.15) is 6.10 Å². The zero-order chi connectivity index (χ0) is 7.64. The molecule has 0 N–H and O–H groups in total. The normalized spacial score (nSPS) is 58.6. The van der Waals surface area contributed by atoms with Crippen molar-refractivity contribution >= 4 is 5.97 Å². The molecule has 60 valence electrons. The molecule has 4 rings (SSSR count). The van der Waals surface area contributed by atoms with Crippen molar-refractivity contribution in [2.45, 2.75) is 32.3 Å². The Labute approximate surface area is 65.9 Å². The van der Waals surface area contributed by atoms with Crippen LogP contribution < -0.4 is 0 Å². The summed E-state index contributed by atoms with van der Waals surface area (Å²) >= 11 is 0. The maximum atomic E-state index is 11.4. The van der Waals surface area contributed by atoms with E-state index in [9.17, 15) is 4.79 Å². The fourth-order valence-corrected chi connectivity index (χ4v) is 3.18. The quantitative estimate of drug-likeness (QED) is 0.490. The molecule has 0 amide bonds. The van der Waals surface area contributed by atoms with Gasteiger partial charge in [-0.3, -0.25) is 4.79 Å². The van der Waals surface area contributed by atoms with Gasteiger partial charge in [-0.15, -0.1) is 0 Å². The fourth-order valence-electron chi connectivity index (χ4n) is 3.18. The lowest BCUT2D eigenvalue weighted by Crippen LogP contribution is -2.53. The topological polar surface area (TPSA) is 26.3 Å². The Balaban J connectivity index is 2.09. The summed E-state index contributed by atoms with van der Waals surface area (Å²) in [5.41, 5.74) is -0.0527. The van der Waals surface area contributed by atoms with Crippen molar-refractivity contribution in [2.24, 2.45) is 17.3 Å². The number of fused-ring (bicyclic) bond motifs is 1. The van der Waals surface area contributed by atoms with Gasteiger partial charge in [-0.05, 0) is 32.1 Å². The lowest BCUT2D eigenvalue weighted by Gasteiger charge is -2.51. The molecule has 0 aromatic heterocycles. The van der Waals surface area contributed by atoms with Crippen molar-refractivity contribution in [1.29, 1.82) is 0 Å². The zero-order valence-electron chi connectivity index (χ0n) is 6.67. The van der Waals surface area contributed by atoms with E-state index in [0.29, 0.717) is 11.8 Å². The van der Waals surface area contributed by atoms with Crippen molar-refractivity contribution < 1.29 is 9.53 Å². The van der Waals surface area contributed by atoms with Gasteiger partial charge in [0, 0.05) is 5.92 Å². The van der Waals surface area contributed by atoms with E-state index in [2.05, 4.69) is 6.92 Å². The van der Waals surface area contributed by atoms with Crippen molar-refractivity contribution in [2.75, 3.05) is 0 Å². The van der Waals surface area contributed by atoms with E-state index in [1.807, 2.05) is 0 Å². The molecule has 4 atom stereocenters. The molecule has 3 saturated carbocycles. The summed E-state index contributed by atoms with van der Waals surface area (Å²) in [6.07, 6.45) is 3.87. The maximum absolute atomic E-state index is 11.4. The summed E-state index contributed by atoms with van der Waals surface area (Å²) in [4.78, 5) is 11.4. The molecule has 3 aliphatic carbocycles. The summed E-state index contributed by atoms with van der Waals surface area (Å²) in [5, 5.41) is 0. The summed E-state index contributed by atoms with van der Waals surface area (Å²) < 4.78 is 5.30. The van der Waals surface area contributed by atoms with E-state index >= 15 is 0 Å². The number of carbonyl (C=O) groups is 1. The highest BCUT2D eigenvalue weighted by Gasteiger charge is 2.67. The Morgan fingerprint density at radius 1 is 1.55 bits per heavy atom. The first kappa shape index (κ1) is 6.04. The highest BCUT2D eigenvalue weighted by Crippen LogP contribution is 2.64. The van der Waals surface area contributed by atoms with Crippen LogP contribution in [0.15, 0.2) is 0 Å². The predicted octanol–water partition coefficient (Wildman–Crippen LogP) is 1.35. The third-order valence-corrected chi connectivity index (χ3v) is 4.10. The summed E-state index contributed by atoms with van der Waals surface area (Å²) in [6, 6.07) is 0. The monoisotopic (exact) mass is 152 g/mol. The van der Waals surface area contributed by atoms with Crippen LogP contribution in [0.3, 0.4) is 0 Å². The number of rotatable bonds is 0. The molecule has 1 aliphatic heterocycles. The van der Waals surface area contributed by atoms with Crippen molar-refractivity contribution in [3.8, 4) is 0 Å². The molecule has 2 heteroatoms. The number of hydrogen-bond acceptors (Lipinski definition) is 2. The third kappa shape index (κ3) is 0.445. The molecule has 4 aliphatic rings. The van der Waals surface area contributed by atoms with Crippen LogP contribution in [0.4, 0.5) is 0 Å². The molecule has 1 heterocycles. The van der Waals surface area contributed by atoms with Crippen LogP contribution in [0.5, 0.6) is 0 Å². The van der Waals surface area contributed by atoms with Gasteiger partial charge in [0.05, 0.1) is 5.41 Å². The average molecular weight is 152 g/mol. The number of hydrogen-bond donors (Lipinski definition) is 0. The SMILES string of the molecule is C[C@@]12C(=O)O[C@H]3CC[C@@H]1C[C@@H]32. The van der Waals surface area contributed by atoms with Crippen molar-refractivity contribution in [3.05, 3.63) is 0 Å². The van der Waals surface area contributed by atoms with Gasteiger partial charge in [-0.25, -0.2) is 0 Å².